The molecule has 1 aromatic rings. The van der Waals surface area contributed by atoms with Crippen LogP contribution in [0.1, 0.15) is 30.7 Å². The van der Waals surface area contributed by atoms with Crippen molar-refractivity contribution in [3.8, 4) is 5.75 Å². The van der Waals surface area contributed by atoms with Crippen molar-refractivity contribution in [1.29, 1.82) is 0 Å². The maximum Gasteiger partial charge on any atom is 0.230 e. The first-order chi connectivity index (χ1) is 10.3. The van der Waals surface area contributed by atoms with E-state index in [4.69, 9.17) is 4.74 Å². The Morgan fingerprint density at radius 3 is 3.10 bits per heavy atom. The number of likely N-dealkylation sites (tertiary alicyclic amines) is 1. The van der Waals surface area contributed by atoms with Crippen LogP contribution in [-0.4, -0.2) is 43.1 Å². The summed E-state index contributed by atoms with van der Waals surface area (Å²) in [6.45, 7) is 3.59. The zero-order chi connectivity index (χ0) is 14.2. The Hall–Kier alpha value is -1.55. The highest BCUT2D eigenvalue weighted by Gasteiger charge is 2.40. The highest BCUT2D eigenvalue weighted by Crippen LogP contribution is 2.37. The Bertz CT molecular complexity index is 545. The van der Waals surface area contributed by atoms with Crippen LogP contribution in [0.25, 0.3) is 0 Å². The summed E-state index contributed by atoms with van der Waals surface area (Å²) in [6, 6.07) is 8.41. The standard InChI is InChI=1S/C17H22N2O2/c20-17(19-8-3-4-12-10-18-11-15(12)19)14-7-9-21-16-6-2-1-5-13(14)16/h1-2,5-6,12,14-15,18H,3-4,7-11H2. The molecule has 0 radical (unpaired) electrons. The van der Waals surface area contributed by atoms with Gasteiger partial charge in [0, 0.05) is 31.2 Å². The fraction of sp³-hybridized carbons (Fsp3) is 0.588. The van der Waals surface area contributed by atoms with E-state index in [0.717, 1.165) is 43.8 Å². The third kappa shape index (κ3) is 2.22. The number of hydrogen-bond acceptors (Lipinski definition) is 3. The average molecular weight is 286 g/mol. The number of nitrogens with one attached hydrogen (secondary N) is 1. The second-order valence-electron chi connectivity index (χ2n) is 6.39. The minimum atomic E-state index is -0.0192. The third-order valence-electron chi connectivity index (χ3n) is 5.22. The highest BCUT2D eigenvalue weighted by molar-refractivity contribution is 5.85. The lowest BCUT2D eigenvalue weighted by molar-refractivity contribution is -0.137. The highest BCUT2D eigenvalue weighted by atomic mass is 16.5. The van der Waals surface area contributed by atoms with Crippen LogP contribution in [0.3, 0.4) is 0 Å². The second kappa shape index (κ2) is 5.34. The quantitative estimate of drug-likeness (QED) is 0.855. The molecule has 2 fully saturated rings. The molecule has 0 spiro atoms. The molecule has 0 bridgehead atoms. The fourth-order valence-corrected chi connectivity index (χ4v) is 4.14. The van der Waals surface area contributed by atoms with E-state index in [1.54, 1.807) is 0 Å². The van der Waals surface area contributed by atoms with Gasteiger partial charge >= 0.3 is 0 Å². The lowest BCUT2D eigenvalue weighted by Crippen LogP contribution is -2.50. The van der Waals surface area contributed by atoms with Crippen LogP contribution < -0.4 is 10.1 Å². The number of nitrogens with zero attached hydrogens (tertiary/aromatic N) is 1. The van der Waals surface area contributed by atoms with Gasteiger partial charge in [0.25, 0.3) is 0 Å². The monoisotopic (exact) mass is 286 g/mol. The van der Waals surface area contributed by atoms with Gasteiger partial charge in [0.2, 0.25) is 5.91 Å². The normalized spacial score (nSPS) is 31.2. The number of carbonyl (C=O) groups is 1. The molecular weight excluding hydrogens is 264 g/mol. The Morgan fingerprint density at radius 2 is 2.14 bits per heavy atom. The van der Waals surface area contributed by atoms with Gasteiger partial charge in [0.1, 0.15) is 5.75 Å². The lowest BCUT2D eigenvalue weighted by atomic mass is 9.87. The number of para-hydroxylation sites is 1. The summed E-state index contributed by atoms with van der Waals surface area (Å²) >= 11 is 0. The van der Waals surface area contributed by atoms with E-state index in [1.807, 2.05) is 24.3 Å². The van der Waals surface area contributed by atoms with Gasteiger partial charge in [-0.1, -0.05) is 18.2 Å². The Morgan fingerprint density at radius 1 is 1.24 bits per heavy atom. The van der Waals surface area contributed by atoms with Crippen molar-refractivity contribution in [2.75, 3.05) is 26.2 Å². The van der Waals surface area contributed by atoms with Crippen molar-refractivity contribution < 1.29 is 9.53 Å². The molecular formula is C17H22N2O2. The van der Waals surface area contributed by atoms with Crippen molar-refractivity contribution in [3.63, 3.8) is 0 Å². The van der Waals surface area contributed by atoms with E-state index in [1.165, 1.54) is 6.42 Å². The summed E-state index contributed by atoms with van der Waals surface area (Å²) in [4.78, 5) is 15.3. The number of rotatable bonds is 1. The maximum absolute atomic E-state index is 13.1. The molecule has 3 atom stereocenters. The summed E-state index contributed by atoms with van der Waals surface area (Å²) in [5.41, 5.74) is 1.07. The Kier molecular flexibility index (Phi) is 3.34. The molecule has 0 aliphatic carbocycles. The summed E-state index contributed by atoms with van der Waals surface area (Å²) in [5.74, 6) is 1.83. The van der Waals surface area contributed by atoms with E-state index >= 15 is 0 Å². The molecule has 1 N–H and O–H groups in total. The van der Waals surface area contributed by atoms with Crippen LogP contribution in [0.15, 0.2) is 24.3 Å². The van der Waals surface area contributed by atoms with Crippen LogP contribution >= 0.6 is 0 Å². The van der Waals surface area contributed by atoms with Gasteiger partial charge in [-0.05, 0) is 31.2 Å². The van der Waals surface area contributed by atoms with E-state index < -0.39 is 0 Å². The first kappa shape index (κ1) is 13.1. The van der Waals surface area contributed by atoms with Crippen LogP contribution in [-0.2, 0) is 4.79 Å². The number of carbonyl (C=O) groups excluding carboxylic acids is 1. The van der Waals surface area contributed by atoms with Gasteiger partial charge in [-0.3, -0.25) is 4.79 Å². The first-order valence-electron chi connectivity index (χ1n) is 8.07. The molecule has 112 valence electrons. The Balaban J connectivity index is 1.60. The summed E-state index contributed by atoms with van der Waals surface area (Å²) in [7, 11) is 0. The minimum absolute atomic E-state index is 0.0192. The molecule has 21 heavy (non-hydrogen) atoms. The van der Waals surface area contributed by atoms with Gasteiger partial charge in [-0.25, -0.2) is 0 Å². The second-order valence-corrected chi connectivity index (χ2v) is 6.39. The van der Waals surface area contributed by atoms with E-state index in [2.05, 4.69) is 10.2 Å². The molecule has 3 aliphatic rings. The van der Waals surface area contributed by atoms with Gasteiger partial charge in [0.05, 0.1) is 12.5 Å². The molecule has 4 nitrogen and oxygen atoms in total. The van der Waals surface area contributed by atoms with Crippen molar-refractivity contribution in [1.82, 2.24) is 10.2 Å². The van der Waals surface area contributed by atoms with Crippen LogP contribution in [0.2, 0.25) is 0 Å². The Labute approximate surface area is 125 Å². The molecule has 1 aromatic carbocycles. The van der Waals surface area contributed by atoms with Gasteiger partial charge in [0.15, 0.2) is 0 Å². The number of hydrogen-bond donors (Lipinski definition) is 1. The van der Waals surface area contributed by atoms with Crippen molar-refractivity contribution in [2.24, 2.45) is 5.92 Å². The van der Waals surface area contributed by atoms with Crippen molar-refractivity contribution >= 4 is 5.91 Å². The van der Waals surface area contributed by atoms with Gasteiger partial charge in [-0.15, -0.1) is 0 Å². The number of fused-ring (bicyclic) bond motifs is 2. The molecule has 1 amide bonds. The summed E-state index contributed by atoms with van der Waals surface area (Å²) in [6.07, 6.45) is 3.20. The average Bonchev–Trinajstić information content (AvgIpc) is 3.02. The molecule has 4 heteroatoms. The molecule has 4 rings (SSSR count). The summed E-state index contributed by atoms with van der Waals surface area (Å²) in [5, 5.41) is 3.45. The predicted molar refractivity (Wildman–Crippen MR) is 80.4 cm³/mol. The number of ether oxygens (including phenoxy) is 1. The van der Waals surface area contributed by atoms with Gasteiger partial charge in [-0.2, -0.15) is 0 Å². The molecule has 3 heterocycles. The number of piperidine rings is 1. The largest absolute Gasteiger partial charge is 0.493 e. The van der Waals surface area contributed by atoms with Crippen LogP contribution in [0.5, 0.6) is 5.75 Å². The van der Waals surface area contributed by atoms with Crippen molar-refractivity contribution in [3.05, 3.63) is 29.8 Å². The zero-order valence-electron chi connectivity index (χ0n) is 12.3. The third-order valence-corrected chi connectivity index (χ3v) is 5.22. The maximum atomic E-state index is 13.1. The van der Waals surface area contributed by atoms with E-state index in [9.17, 15) is 4.79 Å². The molecule has 3 aliphatic heterocycles. The number of amides is 1. The van der Waals surface area contributed by atoms with Crippen LogP contribution in [0.4, 0.5) is 0 Å². The van der Waals surface area contributed by atoms with Crippen molar-refractivity contribution in [2.45, 2.75) is 31.2 Å². The SMILES string of the molecule is O=C(C1CCOc2ccccc21)N1CCCC2CNCC21. The van der Waals surface area contributed by atoms with E-state index in [0.29, 0.717) is 24.5 Å². The topological polar surface area (TPSA) is 41.6 Å². The lowest BCUT2D eigenvalue weighted by Gasteiger charge is -2.40. The van der Waals surface area contributed by atoms with Crippen LogP contribution in [0, 0.1) is 5.92 Å². The summed E-state index contributed by atoms with van der Waals surface area (Å²) < 4.78 is 5.69. The molecule has 3 unspecified atom stereocenters. The first-order valence-corrected chi connectivity index (χ1v) is 8.07. The zero-order valence-corrected chi connectivity index (χ0v) is 12.3. The molecule has 0 aromatic heterocycles. The van der Waals surface area contributed by atoms with Gasteiger partial charge < -0.3 is 15.0 Å². The minimum Gasteiger partial charge on any atom is -0.493 e. The van der Waals surface area contributed by atoms with E-state index in [-0.39, 0.29) is 5.92 Å². The molecule has 0 saturated carbocycles. The predicted octanol–water partition coefficient (Wildman–Crippen LogP) is 1.76. The fourth-order valence-electron chi connectivity index (χ4n) is 4.14. The smallest absolute Gasteiger partial charge is 0.230 e. The molecule has 2 saturated heterocycles. The number of benzene rings is 1.